The Morgan fingerprint density at radius 3 is 2.76 bits per heavy atom. The maximum absolute atomic E-state index is 5.39. The predicted octanol–water partition coefficient (Wildman–Crippen LogP) is 2.87. The average Bonchev–Trinajstić information content (AvgIpc) is 2.95. The molecule has 6 heteroatoms. The molecule has 0 atom stereocenters. The number of halogens is 1. The molecule has 0 aliphatic carbocycles. The van der Waals surface area contributed by atoms with Crippen molar-refractivity contribution in [3.63, 3.8) is 0 Å². The summed E-state index contributed by atoms with van der Waals surface area (Å²) >= 11 is 3.55. The molecule has 1 N–H and O–H groups in total. The highest BCUT2D eigenvalue weighted by Crippen LogP contribution is 2.36. The number of methoxy groups -OCH3 is 1. The fourth-order valence-electron chi connectivity index (χ4n) is 2.07. The Balaban J connectivity index is 1.60. The van der Waals surface area contributed by atoms with Gasteiger partial charge in [-0.1, -0.05) is 22.0 Å². The van der Waals surface area contributed by atoms with E-state index >= 15 is 0 Å². The predicted molar refractivity (Wildman–Crippen MR) is 81.6 cm³/mol. The molecule has 0 unspecified atom stereocenters. The van der Waals surface area contributed by atoms with Crippen molar-refractivity contribution < 1.29 is 14.2 Å². The summed E-state index contributed by atoms with van der Waals surface area (Å²) in [7, 11) is 1.61. The lowest BCUT2D eigenvalue weighted by molar-refractivity contribution is 0.174. The number of aromatic nitrogens is 1. The normalized spacial score (nSPS) is 12.5. The molecule has 1 aliphatic heterocycles. The Labute approximate surface area is 131 Å². The minimum Gasteiger partial charge on any atom is -0.481 e. The first-order chi connectivity index (χ1) is 10.3. The van der Waals surface area contributed by atoms with Crippen molar-refractivity contribution in [2.45, 2.75) is 13.1 Å². The van der Waals surface area contributed by atoms with Gasteiger partial charge in [0.1, 0.15) is 0 Å². The van der Waals surface area contributed by atoms with Gasteiger partial charge in [0, 0.05) is 29.8 Å². The minimum absolute atomic E-state index is 0.288. The third kappa shape index (κ3) is 3.28. The van der Waals surface area contributed by atoms with Gasteiger partial charge in [0.05, 0.1) is 7.11 Å². The molecule has 0 bridgehead atoms. The van der Waals surface area contributed by atoms with Gasteiger partial charge in [-0.25, -0.2) is 4.98 Å². The van der Waals surface area contributed by atoms with Crippen LogP contribution in [-0.4, -0.2) is 18.9 Å². The van der Waals surface area contributed by atoms with E-state index in [0.29, 0.717) is 5.88 Å². The molecule has 1 aromatic heterocycles. The van der Waals surface area contributed by atoms with Crippen LogP contribution in [0.3, 0.4) is 0 Å². The maximum Gasteiger partial charge on any atom is 0.231 e. The molecule has 2 heterocycles. The number of rotatable bonds is 5. The zero-order valence-corrected chi connectivity index (χ0v) is 13.1. The molecular weight excluding hydrogens is 336 g/mol. The molecular formula is C15H15BrN2O3. The number of hydrogen-bond acceptors (Lipinski definition) is 5. The summed E-state index contributed by atoms with van der Waals surface area (Å²) in [6.45, 7) is 1.75. The lowest BCUT2D eigenvalue weighted by atomic mass is 10.2. The molecule has 21 heavy (non-hydrogen) atoms. The van der Waals surface area contributed by atoms with Crippen LogP contribution in [0.4, 0.5) is 0 Å². The lowest BCUT2D eigenvalue weighted by Crippen LogP contribution is -2.13. The fraction of sp³-hybridized carbons (Fsp3) is 0.267. The molecule has 0 radical (unpaired) electrons. The van der Waals surface area contributed by atoms with Gasteiger partial charge in [0.25, 0.3) is 0 Å². The summed E-state index contributed by atoms with van der Waals surface area (Å²) in [5.41, 5.74) is 2.23. The largest absolute Gasteiger partial charge is 0.481 e. The van der Waals surface area contributed by atoms with Crippen LogP contribution in [0, 0.1) is 0 Å². The first-order valence-corrected chi connectivity index (χ1v) is 7.33. The summed E-state index contributed by atoms with van der Waals surface area (Å²) in [5.74, 6) is 2.20. The van der Waals surface area contributed by atoms with Crippen molar-refractivity contribution in [1.29, 1.82) is 0 Å². The van der Waals surface area contributed by atoms with Gasteiger partial charge in [-0.3, -0.25) is 0 Å². The first kappa shape index (κ1) is 14.2. The molecule has 0 amide bonds. The van der Waals surface area contributed by atoms with Gasteiger partial charge in [-0.05, 0) is 23.3 Å². The fourth-order valence-corrected chi connectivity index (χ4v) is 2.54. The maximum atomic E-state index is 5.39. The van der Waals surface area contributed by atoms with Crippen LogP contribution < -0.4 is 19.5 Å². The summed E-state index contributed by atoms with van der Waals surface area (Å²) < 4.78 is 16.8. The number of nitrogens with one attached hydrogen (secondary N) is 1. The van der Waals surface area contributed by atoms with Crippen LogP contribution in [0.5, 0.6) is 17.4 Å². The molecule has 0 saturated carbocycles. The number of ether oxygens (including phenoxy) is 3. The zero-order chi connectivity index (χ0) is 14.7. The monoisotopic (exact) mass is 350 g/mol. The first-order valence-electron chi connectivity index (χ1n) is 6.54. The Kier molecular flexibility index (Phi) is 4.26. The summed E-state index contributed by atoms with van der Waals surface area (Å²) in [5, 5.41) is 3.38. The van der Waals surface area contributed by atoms with Crippen LogP contribution in [0.1, 0.15) is 11.1 Å². The van der Waals surface area contributed by atoms with E-state index in [0.717, 1.165) is 40.2 Å². The van der Waals surface area contributed by atoms with E-state index in [9.17, 15) is 0 Å². The van der Waals surface area contributed by atoms with E-state index in [2.05, 4.69) is 26.2 Å². The Morgan fingerprint density at radius 1 is 1.24 bits per heavy atom. The number of pyridine rings is 1. The van der Waals surface area contributed by atoms with Crippen molar-refractivity contribution in [2.75, 3.05) is 13.9 Å². The zero-order valence-electron chi connectivity index (χ0n) is 11.6. The van der Waals surface area contributed by atoms with Crippen molar-refractivity contribution in [3.05, 3.63) is 46.1 Å². The summed E-state index contributed by atoms with van der Waals surface area (Å²) in [6.07, 6.45) is 1.81. The highest BCUT2D eigenvalue weighted by atomic mass is 79.9. The van der Waals surface area contributed by atoms with E-state index in [4.69, 9.17) is 14.2 Å². The SMILES string of the molecule is COc1ccc(CNCc2cc3c(cc2Br)OCO3)cn1. The van der Waals surface area contributed by atoms with Gasteiger partial charge < -0.3 is 19.5 Å². The van der Waals surface area contributed by atoms with E-state index < -0.39 is 0 Å². The molecule has 1 aliphatic rings. The van der Waals surface area contributed by atoms with Crippen molar-refractivity contribution in [2.24, 2.45) is 0 Å². The van der Waals surface area contributed by atoms with Gasteiger partial charge in [-0.15, -0.1) is 0 Å². The molecule has 3 rings (SSSR count). The van der Waals surface area contributed by atoms with Gasteiger partial charge in [0.2, 0.25) is 12.7 Å². The number of nitrogens with zero attached hydrogens (tertiary/aromatic N) is 1. The average molecular weight is 351 g/mol. The molecule has 0 saturated heterocycles. The van der Waals surface area contributed by atoms with Crippen LogP contribution >= 0.6 is 15.9 Å². The molecule has 110 valence electrons. The third-order valence-corrected chi connectivity index (χ3v) is 3.93. The minimum atomic E-state index is 0.288. The number of hydrogen-bond donors (Lipinski definition) is 1. The van der Waals surface area contributed by atoms with E-state index in [-0.39, 0.29) is 6.79 Å². The number of benzene rings is 1. The second-order valence-corrected chi connectivity index (χ2v) is 5.46. The Morgan fingerprint density at radius 2 is 2.05 bits per heavy atom. The molecule has 0 spiro atoms. The standard InChI is InChI=1S/C15H15BrN2O3/c1-19-15-3-2-10(7-18-15)6-17-8-11-4-13-14(5-12(11)16)21-9-20-13/h2-5,7,17H,6,8-9H2,1H3. The van der Waals surface area contributed by atoms with Crippen molar-refractivity contribution in [1.82, 2.24) is 10.3 Å². The van der Waals surface area contributed by atoms with Gasteiger partial charge >= 0.3 is 0 Å². The Bertz CT molecular complexity index is 632. The second-order valence-electron chi connectivity index (χ2n) is 4.61. The summed E-state index contributed by atoms with van der Waals surface area (Å²) in [4.78, 5) is 4.18. The third-order valence-electron chi connectivity index (χ3n) is 3.19. The highest BCUT2D eigenvalue weighted by molar-refractivity contribution is 9.10. The topological polar surface area (TPSA) is 52.6 Å². The van der Waals surface area contributed by atoms with E-state index in [1.54, 1.807) is 13.3 Å². The smallest absolute Gasteiger partial charge is 0.231 e. The molecule has 5 nitrogen and oxygen atoms in total. The van der Waals surface area contributed by atoms with Crippen LogP contribution in [0.25, 0.3) is 0 Å². The van der Waals surface area contributed by atoms with Crippen LogP contribution in [0.15, 0.2) is 34.9 Å². The summed E-state index contributed by atoms with van der Waals surface area (Å²) in [6, 6.07) is 7.78. The van der Waals surface area contributed by atoms with Crippen LogP contribution in [0.2, 0.25) is 0 Å². The van der Waals surface area contributed by atoms with Gasteiger partial charge in [0.15, 0.2) is 11.5 Å². The van der Waals surface area contributed by atoms with Crippen LogP contribution in [-0.2, 0) is 13.1 Å². The van der Waals surface area contributed by atoms with E-state index in [1.165, 1.54) is 0 Å². The molecule has 0 fully saturated rings. The van der Waals surface area contributed by atoms with Crippen molar-refractivity contribution in [3.8, 4) is 17.4 Å². The highest BCUT2D eigenvalue weighted by Gasteiger charge is 2.15. The molecule has 1 aromatic carbocycles. The quantitative estimate of drug-likeness (QED) is 0.898. The Hall–Kier alpha value is -1.79. The van der Waals surface area contributed by atoms with Crippen molar-refractivity contribution >= 4 is 15.9 Å². The van der Waals surface area contributed by atoms with E-state index in [1.807, 2.05) is 24.3 Å². The second kappa shape index (κ2) is 6.32. The number of fused-ring (bicyclic) bond motifs is 1. The van der Waals surface area contributed by atoms with Gasteiger partial charge in [-0.2, -0.15) is 0 Å². The lowest BCUT2D eigenvalue weighted by Gasteiger charge is -2.08. The molecule has 2 aromatic rings.